The predicted octanol–water partition coefficient (Wildman–Crippen LogP) is -1.03. The van der Waals surface area contributed by atoms with Crippen LogP contribution in [-0.2, 0) is 16.1 Å². The maximum absolute atomic E-state index is 10.7. The van der Waals surface area contributed by atoms with Crippen LogP contribution in [0.4, 0.5) is 0 Å². The molecule has 0 aliphatic heterocycles. The Kier molecular flexibility index (Phi) is 4.72. The summed E-state index contributed by atoms with van der Waals surface area (Å²) < 4.78 is 6.40. The molecular formula is C8H14N4O3. The molecule has 7 nitrogen and oxygen atoms in total. The molecule has 0 radical (unpaired) electrons. The maximum Gasteiger partial charge on any atom is 0.323 e. The average molecular weight is 214 g/mol. The molecule has 15 heavy (non-hydrogen) atoms. The smallest absolute Gasteiger partial charge is 0.323 e. The first-order chi connectivity index (χ1) is 7.24. The maximum atomic E-state index is 10.7. The van der Waals surface area contributed by atoms with Crippen molar-refractivity contribution in [1.82, 2.24) is 20.3 Å². The van der Waals surface area contributed by atoms with Crippen LogP contribution in [0.5, 0.6) is 0 Å². The van der Waals surface area contributed by atoms with E-state index in [0.29, 0.717) is 13.1 Å². The summed E-state index contributed by atoms with van der Waals surface area (Å²) in [5.74, 6) is -0.921. The van der Waals surface area contributed by atoms with Crippen LogP contribution in [0, 0.1) is 0 Å². The highest BCUT2D eigenvalue weighted by atomic mass is 16.5. The fourth-order valence-corrected chi connectivity index (χ4v) is 1.09. The lowest BCUT2D eigenvalue weighted by Crippen LogP contribution is -2.41. The molecule has 1 rings (SSSR count). The Morgan fingerprint density at radius 1 is 1.73 bits per heavy atom. The van der Waals surface area contributed by atoms with Gasteiger partial charge in [0.05, 0.1) is 19.3 Å². The van der Waals surface area contributed by atoms with Crippen molar-refractivity contribution in [1.29, 1.82) is 0 Å². The zero-order chi connectivity index (χ0) is 11.1. The third-order valence-electron chi connectivity index (χ3n) is 1.84. The molecule has 1 aromatic rings. The quantitative estimate of drug-likeness (QED) is 0.603. The molecule has 84 valence electrons. The van der Waals surface area contributed by atoms with E-state index in [9.17, 15) is 4.79 Å². The number of aromatic nitrogens is 3. The number of methoxy groups -OCH3 is 1. The van der Waals surface area contributed by atoms with E-state index in [1.54, 1.807) is 17.1 Å². The molecule has 2 N–H and O–H groups in total. The number of carboxylic acids is 1. The molecule has 0 saturated carbocycles. The van der Waals surface area contributed by atoms with E-state index in [4.69, 9.17) is 9.84 Å². The predicted molar refractivity (Wildman–Crippen MR) is 51.3 cm³/mol. The number of rotatable bonds is 7. The molecule has 0 amide bonds. The second-order valence-corrected chi connectivity index (χ2v) is 2.97. The summed E-state index contributed by atoms with van der Waals surface area (Å²) in [7, 11) is 1.47. The molecule has 0 spiro atoms. The van der Waals surface area contributed by atoms with Gasteiger partial charge in [-0.25, -0.2) is 0 Å². The van der Waals surface area contributed by atoms with Crippen LogP contribution in [-0.4, -0.2) is 52.4 Å². The summed E-state index contributed by atoms with van der Waals surface area (Å²) in [6.45, 7) is 1.23. The van der Waals surface area contributed by atoms with Crippen LogP contribution in [0.2, 0.25) is 0 Å². The van der Waals surface area contributed by atoms with Gasteiger partial charge in [0, 0.05) is 19.9 Å². The van der Waals surface area contributed by atoms with Crippen molar-refractivity contribution in [3.05, 3.63) is 12.4 Å². The first-order valence-electron chi connectivity index (χ1n) is 4.53. The third-order valence-corrected chi connectivity index (χ3v) is 1.84. The molecule has 1 aromatic heterocycles. The summed E-state index contributed by atoms with van der Waals surface area (Å²) >= 11 is 0. The number of nitrogens with one attached hydrogen (secondary N) is 1. The molecule has 0 saturated heterocycles. The number of hydrogen-bond acceptors (Lipinski definition) is 5. The summed E-state index contributed by atoms with van der Waals surface area (Å²) in [5, 5.41) is 19.0. The van der Waals surface area contributed by atoms with E-state index in [2.05, 4.69) is 15.6 Å². The number of hydrogen-bond donors (Lipinski definition) is 2. The number of aliphatic carboxylic acids is 1. The van der Waals surface area contributed by atoms with Gasteiger partial charge in [0.25, 0.3) is 0 Å². The fraction of sp³-hybridized carbons (Fsp3) is 0.625. The number of ether oxygens (including phenoxy) is 1. The minimum atomic E-state index is -0.921. The number of carboxylic acid groups (broad SMARTS) is 1. The Bertz CT molecular complexity index is 288. The van der Waals surface area contributed by atoms with Crippen LogP contribution in [0.1, 0.15) is 0 Å². The van der Waals surface area contributed by atoms with E-state index in [1.807, 2.05) is 0 Å². The van der Waals surface area contributed by atoms with E-state index >= 15 is 0 Å². The van der Waals surface area contributed by atoms with Crippen molar-refractivity contribution in [2.24, 2.45) is 0 Å². The molecular weight excluding hydrogens is 200 g/mol. The normalized spacial score (nSPS) is 12.6. The van der Waals surface area contributed by atoms with Gasteiger partial charge in [-0.15, -0.1) is 5.10 Å². The van der Waals surface area contributed by atoms with Crippen LogP contribution >= 0.6 is 0 Å². The van der Waals surface area contributed by atoms with Crippen LogP contribution in [0.15, 0.2) is 12.4 Å². The zero-order valence-corrected chi connectivity index (χ0v) is 8.46. The second kappa shape index (κ2) is 6.10. The Morgan fingerprint density at radius 2 is 2.53 bits per heavy atom. The van der Waals surface area contributed by atoms with Gasteiger partial charge in [-0.05, 0) is 0 Å². The highest BCUT2D eigenvalue weighted by molar-refractivity contribution is 5.73. The second-order valence-electron chi connectivity index (χ2n) is 2.97. The van der Waals surface area contributed by atoms with Crippen LogP contribution in [0.25, 0.3) is 0 Å². The van der Waals surface area contributed by atoms with Crippen LogP contribution < -0.4 is 5.32 Å². The molecule has 1 unspecified atom stereocenters. The van der Waals surface area contributed by atoms with Crippen molar-refractivity contribution in [2.45, 2.75) is 12.6 Å². The van der Waals surface area contributed by atoms with Gasteiger partial charge in [0.2, 0.25) is 0 Å². The van der Waals surface area contributed by atoms with Gasteiger partial charge in [-0.2, -0.15) is 0 Å². The van der Waals surface area contributed by atoms with Crippen molar-refractivity contribution >= 4 is 5.97 Å². The Balaban J connectivity index is 2.25. The minimum absolute atomic E-state index is 0.146. The topological polar surface area (TPSA) is 89.3 Å². The number of carbonyl (C=O) groups is 1. The Hall–Kier alpha value is -1.47. The first kappa shape index (κ1) is 11.6. The molecule has 0 aliphatic rings. The van der Waals surface area contributed by atoms with Crippen molar-refractivity contribution < 1.29 is 14.6 Å². The third kappa shape index (κ3) is 4.05. The Labute approximate surface area is 87.0 Å². The fourth-order valence-electron chi connectivity index (χ4n) is 1.09. The largest absolute Gasteiger partial charge is 0.480 e. The van der Waals surface area contributed by atoms with Gasteiger partial charge >= 0.3 is 5.97 Å². The van der Waals surface area contributed by atoms with Crippen molar-refractivity contribution in [3.8, 4) is 0 Å². The van der Waals surface area contributed by atoms with Gasteiger partial charge in [0.1, 0.15) is 6.04 Å². The van der Waals surface area contributed by atoms with E-state index < -0.39 is 12.0 Å². The summed E-state index contributed by atoms with van der Waals surface area (Å²) in [6, 6.07) is -0.682. The highest BCUT2D eigenvalue weighted by Crippen LogP contribution is 1.86. The van der Waals surface area contributed by atoms with Gasteiger partial charge in [0.15, 0.2) is 0 Å². The lowest BCUT2D eigenvalue weighted by Gasteiger charge is -2.12. The van der Waals surface area contributed by atoms with E-state index in [-0.39, 0.29) is 6.61 Å². The molecule has 0 bridgehead atoms. The van der Waals surface area contributed by atoms with Crippen molar-refractivity contribution in [2.75, 3.05) is 20.3 Å². The summed E-state index contributed by atoms with van der Waals surface area (Å²) in [6.07, 6.45) is 3.29. The molecule has 1 atom stereocenters. The monoisotopic (exact) mass is 214 g/mol. The van der Waals surface area contributed by atoms with Crippen molar-refractivity contribution in [3.63, 3.8) is 0 Å². The zero-order valence-electron chi connectivity index (χ0n) is 8.46. The molecule has 0 aromatic carbocycles. The first-order valence-corrected chi connectivity index (χ1v) is 4.53. The average Bonchev–Trinajstić information content (AvgIpc) is 2.69. The highest BCUT2D eigenvalue weighted by Gasteiger charge is 2.15. The lowest BCUT2D eigenvalue weighted by atomic mass is 10.3. The minimum Gasteiger partial charge on any atom is -0.480 e. The molecule has 1 heterocycles. The summed E-state index contributed by atoms with van der Waals surface area (Å²) in [4.78, 5) is 10.7. The van der Waals surface area contributed by atoms with Gasteiger partial charge < -0.3 is 15.2 Å². The Morgan fingerprint density at radius 3 is 3.07 bits per heavy atom. The summed E-state index contributed by atoms with van der Waals surface area (Å²) in [5.41, 5.74) is 0. The van der Waals surface area contributed by atoms with Gasteiger partial charge in [-0.1, -0.05) is 5.21 Å². The molecule has 7 heteroatoms. The SMILES string of the molecule is COCC(NCCn1ccnn1)C(=O)O. The standard InChI is InChI=1S/C8H14N4O3/c1-15-6-7(8(13)14)9-2-4-12-5-3-10-11-12/h3,5,7,9H,2,4,6H2,1H3,(H,13,14). The number of nitrogens with zero attached hydrogens (tertiary/aromatic N) is 3. The van der Waals surface area contributed by atoms with Crippen LogP contribution in [0.3, 0.4) is 0 Å². The van der Waals surface area contributed by atoms with Gasteiger partial charge in [-0.3, -0.25) is 9.48 Å². The van der Waals surface area contributed by atoms with E-state index in [1.165, 1.54) is 7.11 Å². The molecule has 0 fully saturated rings. The lowest BCUT2D eigenvalue weighted by molar-refractivity contribution is -0.140. The molecule has 0 aliphatic carbocycles. The van der Waals surface area contributed by atoms with E-state index in [0.717, 1.165) is 0 Å².